The summed E-state index contributed by atoms with van der Waals surface area (Å²) in [6, 6.07) is 0. The second kappa shape index (κ2) is 14.1. The van der Waals surface area contributed by atoms with Crippen molar-refractivity contribution in [3.63, 3.8) is 0 Å². The summed E-state index contributed by atoms with van der Waals surface area (Å²) in [6.45, 7) is 15.7. The van der Waals surface area contributed by atoms with Crippen molar-refractivity contribution in [1.29, 1.82) is 0 Å². The maximum Gasteiger partial charge on any atom is 0.395 e. The average molecular weight is 346 g/mol. The maximum atomic E-state index is 13.8. The second-order valence-corrected chi connectivity index (χ2v) is 8.41. The highest BCUT2D eigenvalue weighted by Crippen LogP contribution is 2.55. The van der Waals surface area contributed by atoms with Gasteiger partial charge in [0.25, 0.3) is 0 Å². The summed E-state index contributed by atoms with van der Waals surface area (Å²) < 4.78 is 23.7. The Labute approximate surface area is 144 Å². The molecule has 0 rings (SSSR count). The molecule has 0 aliphatic rings. The summed E-state index contributed by atoms with van der Waals surface area (Å²) in [7, 11) is -3.01. The first-order valence-electron chi connectivity index (χ1n) is 9.50. The number of hydrogen-bond donors (Lipinski definition) is 0. The van der Waals surface area contributed by atoms with Crippen molar-refractivity contribution in [1.82, 2.24) is 9.34 Å². The Hall–Kier alpha value is -0.310. The van der Waals surface area contributed by atoms with E-state index in [-0.39, 0.29) is 0 Å². The van der Waals surface area contributed by atoms with Gasteiger partial charge in [0.15, 0.2) is 0 Å². The largest absolute Gasteiger partial charge is 0.430 e. The molecule has 0 N–H and O–H groups in total. The Morgan fingerprint density at radius 3 is 1.30 bits per heavy atom. The van der Waals surface area contributed by atoms with Gasteiger partial charge in [-0.25, -0.2) is 13.9 Å². The molecule has 0 heterocycles. The third-order valence-corrected chi connectivity index (χ3v) is 6.66. The Morgan fingerprint density at radius 1 is 0.783 bits per heavy atom. The van der Waals surface area contributed by atoms with Crippen LogP contribution in [0.15, 0.2) is 12.8 Å². The smallest absolute Gasteiger partial charge is 0.395 e. The van der Waals surface area contributed by atoms with Gasteiger partial charge in [-0.15, -0.1) is 0 Å². The Bertz CT molecular complexity index is 297. The van der Waals surface area contributed by atoms with E-state index < -0.39 is 7.67 Å². The van der Waals surface area contributed by atoms with Gasteiger partial charge in [0, 0.05) is 26.2 Å². The molecule has 0 aromatic rings. The van der Waals surface area contributed by atoms with Crippen LogP contribution in [0.1, 0.15) is 79.1 Å². The molecule has 0 bridgehead atoms. The fourth-order valence-electron chi connectivity index (χ4n) is 2.50. The first kappa shape index (κ1) is 22.7. The summed E-state index contributed by atoms with van der Waals surface area (Å²) in [5.74, 6) is 0. The van der Waals surface area contributed by atoms with E-state index in [9.17, 15) is 4.57 Å². The minimum Gasteiger partial charge on any atom is -0.430 e. The molecule has 0 radical (unpaired) electrons. The van der Waals surface area contributed by atoms with Gasteiger partial charge in [-0.1, -0.05) is 60.0 Å². The van der Waals surface area contributed by atoms with Gasteiger partial charge in [-0.2, -0.15) is 0 Å². The van der Waals surface area contributed by atoms with Crippen molar-refractivity contribution in [2.45, 2.75) is 79.1 Å². The van der Waals surface area contributed by atoms with Crippen LogP contribution in [0.2, 0.25) is 0 Å². The fraction of sp³-hybridized carbons (Fsp3) is 0.889. The Kier molecular flexibility index (Phi) is 13.9. The molecule has 0 aromatic heterocycles. The van der Waals surface area contributed by atoms with E-state index in [2.05, 4.69) is 43.6 Å². The van der Waals surface area contributed by atoms with Crippen LogP contribution in [0.25, 0.3) is 0 Å². The van der Waals surface area contributed by atoms with E-state index >= 15 is 0 Å². The first-order valence-corrected chi connectivity index (χ1v) is 11.0. The van der Waals surface area contributed by atoms with E-state index in [1.165, 1.54) is 6.26 Å². The first-order chi connectivity index (χ1) is 11.1. The Morgan fingerprint density at radius 2 is 1.09 bits per heavy atom. The standard InChI is InChI=1S/C18H39N2O2P/c1-6-11-15-19(16-12-7-2)23(21,22-10-5)20(17-13-8-3)18-14-9-4/h10H,5-9,11-18H2,1-4H3. The number of rotatable bonds is 16. The van der Waals surface area contributed by atoms with Crippen molar-refractivity contribution >= 4 is 7.67 Å². The summed E-state index contributed by atoms with van der Waals surface area (Å²) in [4.78, 5) is 0. The van der Waals surface area contributed by atoms with Gasteiger partial charge < -0.3 is 4.52 Å². The summed E-state index contributed by atoms with van der Waals surface area (Å²) in [5, 5.41) is 0. The van der Waals surface area contributed by atoms with Crippen LogP contribution in [0.5, 0.6) is 0 Å². The van der Waals surface area contributed by atoms with Gasteiger partial charge in [0.1, 0.15) is 0 Å². The molecule has 0 saturated carbocycles. The summed E-state index contributed by atoms with van der Waals surface area (Å²) in [6.07, 6.45) is 9.94. The molecule has 5 heteroatoms. The quantitative estimate of drug-likeness (QED) is 0.251. The molecule has 0 amide bonds. The van der Waals surface area contributed by atoms with Crippen LogP contribution in [0, 0.1) is 0 Å². The van der Waals surface area contributed by atoms with Crippen molar-refractivity contribution < 1.29 is 9.09 Å². The molecule has 0 atom stereocenters. The lowest BCUT2D eigenvalue weighted by molar-refractivity contribution is 0.247. The van der Waals surface area contributed by atoms with Crippen molar-refractivity contribution in [2.75, 3.05) is 26.2 Å². The molecule has 0 aromatic carbocycles. The molecule has 23 heavy (non-hydrogen) atoms. The highest BCUT2D eigenvalue weighted by atomic mass is 31.2. The zero-order chi connectivity index (χ0) is 17.6. The molecule has 0 unspecified atom stereocenters. The third kappa shape index (κ3) is 8.37. The molecule has 138 valence electrons. The molecule has 0 spiro atoms. The van der Waals surface area contributed by atoms with Crippen LogP contribution < -0.4 is 0 Å². The molecule has 0 aliphatic heterocycles. The van der Waals surface area contributed by atoms with Crippen LogP contribution in [0.3, 0.4) is 0 Å². The number of hydrogen-bond acceptors (Lipinski definition) is 2. The number of nitrogens with zero attached hydrogens (tertiary/aromatic N) is 2. The van der Waals surface area contributed by atoms with Crippen molar-refractivity contribution in [3.8, 4) is 0 Å². The maximum absolute atomic E-state index is 13.8. The van der Waals surface area contributed by atoms with Crippen LogP contribution in [-0.4, -0.2) is 35.5 Å². The minimum absolute atomic E-state index is 0.830. The lowest BCUT2D eigenvalue weighted by atomic mass is 10.3. The monoisotopic (exact) mass is 346 g/mol. The highest BCUT2D eigenvalue weighted by Gasteiger charge is 2.38. The summed E-state index contributed by atoms with van der Waals surface area (Å²) in [5.41, 5.74) is 0. The highest BCUT2D eigenvalue weighted by molar-refractivity contribution is 7.54. The lowest BCUT2D eigenvalue weighted by Crippen LogP contribution is -2.35. The topological polar surface area (TPSA) is 32.8 Å². The summed E-state index contributed by atoms with van der Waals surface area (Å²) >= 11 is 0. The van der Waals surface area contributed by atoms with Crippen LogP contribution in [0.4, 0.5) is 0 Å². The predicted octanol–water partition coefficient (Wildman–Crippen LogP) is 6.06. The van der Waals surface area contributed by atoms with E-state index in [0.29, 0.717) is 0 Å². The Balaban J connectivity index is 5.33. The van der Waals surface area contributed by atoms with Gasteiger partial charge >= 0.3 is 7.67 Å². The third-order valence-electron chi connectivity index (χ3n) is 4.01. The van der Waals surface area contributed by atoms with Gasteiger partial charge in [-0.3, -0.25) is 0 Å². The molecule has 0 saturated heterocycles. The molecular formula is C18H39N2O2P. The van der Waals surface area contributed by atoms with Crippen LogP contribution >= 0.6 is 7.67 Å². The van der Waals surface area contributed by atoms with Gasteiger partial charge in [0.05, 0.1) is 6.26 Å². The van der Waals surface area contributed by atoms with Gasteiger partial charge in [0.2, 0.25) is 0 Å². The van der Waals surface area contributed by atoms with Crippen molar-refractivity contribution in [3.05, 3.63) is 12.8 Å². The molecular weight excluding hydrogens is 307 g/mol. The fourth-order valence-corrected chi connectivity index (χ4v) is 4.90. The van der Waals surface area contributed by atoms with Crippen molar-refractivity contribution in [2.24, 2.45) is 0 Å². The SMILES string of the molecule is C=COP(=O)(N(CCCC)CCCC)N(CCCC)CCCC. The normalized spacial score (nSPS) is 12.1. The van der Waals surface area contributed by atoms with Crippen LogP contribution in [-0.2, 0) is 9.09 Å². The zero-order valence-electron chi connectivity index (χ0n) is 15.9. The average Bonchev–Trinajstić information content (AvgIpc) is 2.55. The van der Waals surface area contributed by atoms with E-state index in [4.69, 9.17) is 4.52 Å². The lowest BCUT2D eigenvalue weighted by Gasteiger charge is -2.37. The van der Waals surface area contributed by atoms with E-state index in [1.807, 2.05) is 0 Å². The molecule has 0 aliphatic carbocycles. The number of unbranched alkanes of at least 4 members (excludes halogenated alkanes) is 4. The van der Waals surface area contributed by atoms with E-state index in [1.54, 1.807) is 0 Å². The molecule has 4 nitrogen and oxygen atoms in total. The second-order valence-electron chi connectivity index (χ2n) is 6.08. The molecule has 0 fully saturated rings. The van der Waals surface area contributed by atoms with Gasteiger partial charge in [-0.05, 0) is 25.7 Å². The minimum atomic E-state index is -3.01. The predicted molar refractivity (Wildman–Crippen MR) is 102 cm³/mol. The zero-order valence-corrected chi connectivity index (χ0v) is 16.8. The van der Waals surface area contributed by atoms with E-state index in [0.717, 1.165) is 77.5 Å².